The Morgan fingerprint density at radius 3 is 2.55 bits per heavy atom. The molecule has 0 spiro atoms. The van der Waals surface area contributed by atoms with Gasteiger partial charge in [-0.05, 0) is 43.5 Å². The maximum absolute atomic E-state index is 9.39. The fourth-order valence-corrected chi connectivity index (χ4v) is 2.90. The summed E-state index contributed by atoms with van der Waals surface area (Å²) < 4.78 is 0. The van der Waals surface area contributed by atoms with Gasteiger partial charge in [-0.2, -0.15) is 0 Å². The third-order valence-electron chi connectivity index (χ3n) is 4.38. The number of aromatic nitrogens is 1. The average Bonchev–Trinajstić information content (AvgIpc) is 2.53. The molecule has 0 atom stereocenters. The molecule has 1 N–H and O–H groups in total. The highest BCUT2D eigenvalue weighted by molar-refractivity contribution is 5.43. The van der Waals surface area contributed by atoms with Crippen LogP contribution < -0.4 is 4.90 Å². The number of hydrogen-bond acceptors (Lipinski definition) is 4. The SMILES string of the molecule is CCc1cc(CO)cc(N(C)C2CCN(CC)CC2)n1. The molecule has 1 fully saturated rings. The largest absolute Gasteiger partial charge is 0.392 e. The number of anilines is 1. The van der Waals surface area contributed by atoms with Crippen molar-refractivity contribution in [2.75, 3.05) is 31.6 Å². The van der Waals surface area contributed by atoms with Crippen LogP contribution in [0.3, 0.4) is 0 Å². The highest BCUT2D eigenvalue weighted by atomic mass is 16.3. The summed E-state index contributed by atoms with van der Waals surface area (Å²) in [4.78, 5) is 9.51. The van der Waals surface area contributed by atoms with E-state index in [1.165, 1.54) is 25.9 Å². The fraction of sp³-hybridized carbons (Fsp3) is 0.688. The van der Waals surface area contributed by atoms with Crippen LogP contribution >= 0.6 is 0 Å². The minimum atomic E-state index is 0.0879. The van der Waals surface area contributed by atoms with Crippen molar-refractivity contribution < 1.29 is 5.11 Å². The number of piperidine rings is 1. The molecule has 0 amide bonds. The standard InChI is InChI=1S/C16H27N3O/c1-4-14-10-13(12-20)11-16(17-14)18(3)15-6-8-19(5-2)9-7-15/h10-11,15,20H,4-9,12H2,1-3H3. The number of aryl methyl sites for hydroxylation is 1. The summed E-state index contributed by atoms with van der Waals surface area (Å²) in [5.41, 5.74) is 2.02. The van der Waals surface area contributed by atoms with Crippen molar-refractivity contribution in [1.29, 1.82) is 0 Å². The summed E-state index contributed by atoms with van der Waals surface area (Å²) in [5.74, 6) is 1.00. The molecule has 0 radical (unpaired) electrons. The lowest BCUT2D eigenvalue weighted by Crippen LogP contribution is -2.43. The Balaban J connectivity index is 2.10. The molecule has 0 aromatic carbocycles. The van der Waals surface area contributed by atoms with Crippen molar-refractivity contribution in [2.24, 2.45) is 0 Å². The molecule has 2 heterocycles. The van der Waals surface area contributed by atoms with Crippen LogP contribution in [0.4, 0.5) is 5.82 Å². The van der Waals surface area contributed by atoms with Gasteiger partial charge < -0.3 is 14.9 Å². The predicted octanol–water partition coefficient (Wildman–Crippen LogP) is 2.06. The lowest BCUT2D eigenvalue weighted by Gasteiger charge is -2.37. The van der Waals surface area contributed by atoms with E-state index in [9.17, 15) is 5.11 Å². The molecule has 1 saturated heterocycles. The first-order chi connectivity index (χ1) is 9.67. The number of aliphatic hydroxyl groups is 1. The van der Waals surface area contributed by atoms with E-state index in [-0.39, 0.29) is 6.61 Å². The van der Waals surface area contributed by atoms with Gasteiger partial charge in [-0.1, -0.05) is 13.8 Å². The lowest BCUT2D eigenvalue weighted by atomic mass is 10.0. The maximum Gasteiger partial charge on any atom is 0.129 e. The Morgan fingerprint density at radius 2 is 2.00 bits per heavy atom. The van der Waals surface area contributed by atoms with E-state index in [1.54, 1.807) is 0 Å². The van der Waals surface area contributed by atoms with Gasteiger partial charge in [0, 0.05) is 31.9 Å². The number of pyridine rings is 1. The molecular weight excluding hydrogens is 250 g/mol. The summed E-state index contributed by atoms with van der Waals surface area (Å²) in [5, 5.41) is 9.39. The van der Waals surface area contributed by atoms with E-state index >= 15 is 0 Å². The number of likely N-dealkylation sites (tertiary alicyclic amines) is 1. The molecule has 4 nitrogen and oxygen atoms in total. The van der Waals surface area contributed by atoms with Gasteiger partial charge in [0.2, 0.25) is 0 Å². The zero-order chi connectivity index (χ0) is 14.5. The molecule has 2 rings (SSSR count). The van der Waals surface area contributed by atoms with Gasteiger partial charge in [0.25, 0.3) is 0 Å². The molecule has 112 valence electrons. The second kappa shape index (κ2) is 7.04. The minimum absolute atomic E-state index is 0.0879. The molecule has 1 aliphatic rings. The molecule has 0 aliphatic carbocycles. The van der Waals surface area contributed by atoms with E-state index < -0.39 is 0 Å². The maximum atomic E-state index is 9.39. The smallest absolute Gasteiger partial charge is 0.129 e. The van der Waals surface area contributed by atoms with Crippen LogP contribution in [0, 0.1) is 0 Å². The van der Waals surface area contributed by atoms with Crippen molar-refractivity contribution >= 4 is 5.82 Å². The molecule has 1 aromatic heterocycles. The Labute approximate surface area is 122 Å². The van der Waals surface area contributed by atoms with E-state index in [4.69, 9.17) is 4.98 Å². The van der Waals surface area contributed by atoms with Crippen LogP contribution in [-0.4, -0.2) is 47.7 Å². The molecule has 20 heavy (non-hydrogen) atoms. The van der Waals surface area contributed by atoms with Gasteiger partial charge >= 0.3 is 0 Å². The number of aliphatic hydroxyl groups excluding tert-OH is 1. The molecule has 0 saturated carbocycles. The van der Waals surface area contributed by atoms with Crippen molar-refractivity contribution in [2.45, 2.75) is 45.8 Å². The molecule has 0 bridgehead atoms. The first kappa shape index (κ1) is 15.3. The number of rotatable bonds is 5. The molecule has 0 unspecified atom stereocenters. The fourth-order valence-electron chi connectivity index (χ4n) is 2.90. The van der Waals surface area contributed by atoms with E-state index in [0.29, 0.717) is 6.04 Å². The normalized spacial score (nSPS) is 17.4. The van der Waals surface area contributed by atoms with Gasteiger partial charge in [-0.3, -0.25) is 0 Å². The van der Waals surface area contributed by atoms with Gasteiger partial charge in [-0.15, -0.1) is 0 Å². The van der Waals surface area contributed by atoms with Gasteiger partial charge in [0.05, 0.1) is 6.61 Å². The zero-order valence-electron chi connectivity index (χ0n) is 13.0. The summed E-state index contributed by atoms with van der Waals surface area (Å²) in [6.45, 7) is 7.91. The minimum Gasteiger partial charge on any atom is -0.392 e. The zero-order valence-corrected chi connectivity index (χ0v) is 13.0. The first-order valence-corrected chi connectivity index (χ1v) is 7.73. The third kappa shape index (κ3) is 3.49. The van der Waals surface area contributed by atoms with Crippen molar-refractivity contribution in [3.8, 4) is 0 Å². The lowest BCUT2D eigenvalue weighted by molar-refractivity contribution is 0.220. The predicted molar refractivity (Wildman–Crippen MR) is 83.1 cm³/mol. The van der Waals surface area contributed by atoms with Gasteiger partial charge in [0.1, 0.15) is 5.82 Å². The van der Waals surface area contributed by atoms with Gasteiger partial charge in [-0.25, -0.2) is 4.98 Å². The van der Waals surface area contributed by atoms with Crippen LogP contribution in [0.2, 0.25) is 0 Å². The summed E-state index contributed by atoms with van der Waals surface area (Å²) in [6.07, 6.45) is 3.29. The molecule has 1 aromatic rings. The Bertz CT molecular complexity index is 405. The van der Waals surface area contributed by atoms with E-state index in [1.807, 2.05) is 12.1 Å². The monoisotopic (exact) mass is 277 g/mol. The second-order valence-corrected chi connectivity index (χ2v) is 5.61. The summed E-state index contributed by atoms with van der Waals surface area (Å²) in [6, 6.07) is 4.58. The first-order valence-electron chi connectivity index (χ1n) is 7.73. The Kier molecular flexibility index (Phi) is 5.38. The topological polar surface area (TPSA) is 39.6 Å². The quantitative estimate of drug-likeness (QED) is 0.894. The number of hydrogen-bond donors (Lipinski definition) is 1. The Morgan fingerprint density at radius 1 is 1.30 bits per heavy atom. The van der Waals surface area contributed by atoms with Crippen LogP contribution in [-0.2, 0) is 13.0 Å². The van der Waals surface area contributed by atoms with Crippen molar-refractivity contribution in [3.63, 3.8) is 0 Å². The summed E-state index contributed by atoms with van der Waals surface area (Å²) >= 11 is 0. The number of nitrogens with zero attached hydrogens (tertiary/aromatic N) is 3. The summed E-state index contributed by atoms with van der Waals surface area (Å²) in [7, 11) is 2.13. The van der Waals surface area contributed by atoms with E-state index in [0.717, 1.165) is 30.0 Å². The molecule has 4 heteroatoms. The second-order valence-electron chi connectivity index (χ2n) is 5.61. The highest BCUT2D eigenvalue weighted by Crippen LogP contribution is 2.22. The third-order valence-corrected chi connectivity index (χ3v) is 4.38. The van der Waals surface area contributed by atoms with E-state index in [2.05, 4.69) is 30.7 Å². The van der Waals surface area contributed by atoms with Crippen LogP contribution in [0.15, 0.2) is 12.1 Å². The highest BCUT2D eigenvalue weighted by Gasteiger charge is 2.22. The molecular formula is C16H27N3O. The molecule has 1 aliphatic heterocycles. The van der Waals surface area contributed by atoms with Crippen molar-refractivity contribution in [1.82, 2.24) is 9.88 Å². The Hall–Kier alpha value is -1.13. The van der Waals surface area contributed by atoms with Crippen LogP contribution in [0.25, 0.3) is 0 Å². The van der Waals surface area contributed by atoms with Crippen molar-refractivity contribution in [3.05, 3.63) is 23.4 Å². The van der Waals surface area contributed by atoms with Gasteiger partial charge in [0.15, 0.2) is 0 Å². The van der Waals surface area contributed by atoms with Crippen LogP contribution in [0.1, 0.15) is 37.9 Å². The van der Waals surface area contributed by atoms with Crippen LogP contribution in [0.5, 0.6) is 0 Å². The average molecular weight is 277 g/mol.